The molecule has 0 bridgehead atoms. The molecular formula is C17H18O2S. The second-order valence-electron chi connectivity index (χ2n) is 4.66. The van der Waals surface area contributed by atoms with Gasteiger partial charge in [0.1, 0.15) is 5.75 Å². The Morgan fingerprint density at radius 3 is 2.40 bits per heavy atom. The van der Waals surface area contributed by atoms with E-state index < -0.39 is 0 Å². The van der Waals surface area contributed by atoms with Gasteiger partial charge in [-0.3, -0.25) is 4.79 Å². The molecule has 0 fully saturated rings. The molecule has 0 saturated heterocycles. The number of carbonyl (C=O) groups is 1. The van der Waals surface area contributed by atoms with Crippen LogP contribution in [0.3, 0.4) is 0 Å². The molecule has 0 aliphatic heterocycles. The van der Waals surface area contributed by atoms with Crippen LogP contribution in [0.2, 0.25) is 0 Å². The number of hydrogen-bond donors (Lipinski definition) is 0. The lowest BCUT2D eigenvalue weighted by Crippen LogP contribution is -2.06. The molecule has 0 atom stereocenters. The van der Waals surface area contributed by atoms with Gasteiger partial charge in [-0.2, -0.15) is 0 Å². The molecule has 0 unspecified atom stereocenters. The number of hydrogen-bond acceptors (Lipinski definition) is 3. The summed E-state index contributed by atoms with van der Waals surface area (Å²) in [7, 11) is 1.60. The van der Waals surface area contributed by atoms with E-state index in [1.807, 2.05) is 56.3 Å². The Hall–Kier alpha value is -1.74. The zero-order chi connectivity index (χ0) is 14.5. The van der Waals surface area contributed by atoms with Crippen molar-refractivity contribution in [3.63, 3.8) is 0 Å². The minimum Gasteiger partial charge on any atom is -0.496 e. The van der Waals surface area contributed by atoms with Crippen LogP contribution in [0.25, 0.3) is 0 Å². The van der Waals surface area contributed by atoms with Crippen LogP contribution in [0.5, 0.6) is 5.75 Å². The second kappa shape index (κ2) is 6.62. The molecule has 0 radical (unpaired) electrons. The summed E-state index contributed by atoms with van der Waals surface area (Å²) in [5, 5.41) is 0. The average Bonchev–Trinajstić information content (AvgIpc) is 2.48. The summed E-state index contributed by atoms with van der Waals surface area (Å²) in [6.45, 7) is 4.03. The molecule has 104 valence electrons. The number of ether oxygens (including phenoxy) is 1. The van der Waals surface area contributed by atoms with E-state index in [9.17, 15) is 4.79 Å². The smallest absolute Gasteiger partial charge is 0.176 e. The minimum atomic E-state index is 0.0961. The van der Waals surface area contributed by atoms with Crippen molar-refractivity contribution in [3.8, 4) is 5.75 Å². The van der Waals surface area contributed by atoms with Crippen LogP contribution in [-0.2, 0) is 0 Å². The lowest BCUT2D eigenvalue weighted by molar-refractivity contribution is 0.101. The monoisotopic (exact) mass is 286 g/mol. The highest BCUT2D eigenvalue weighted by molar-refractivity contribution is 8.00. The molecule has 0 saturated carbocycles. The van der Waals surface area contributed by atoms with Gasteiger partial charge >= 0.3 is 0 Å². The second-order valence-corrected chi connectivity index (χ2v) is 5.71. The van der Waals surface area contributed by atoms with Crippen LogP contribution < -0.4 is 4.74 Å². The van der Waals surface area contributed by atoms with Gasteiger partial charge < -0.3 is 4.74 Å². The first kappa shape index (κ1) is 14.7. The van der Waals surface area contributed by atoms with Crippen molar-refractivity contribution in [1.29, 1.82) is 0 Å². The number of aryl methyl sites for hydroxylation is 2. The topological polar surface area (TPSA) is 26.3 Å². The molecular weight excluding hydrogens is 268 g/mol. The van der Waals surface area contributed by atoms with Gasteiger partial charge in [0, 0.05) is 4.90 Å². The van der Waals surface area contributed by atoms with Gasteiger partial charge in [-0.15, -0.1) is 11.8 Å². The molecule has 2 aromatic carbocycles. The van der Waals surface area contributed by atoms with Crippen molar-refractivity contribution < 1.29 is 9.53 Å². The predicted molar refractivity (Wildman–Crippen MR) is 84.0 cm³/mol. The van der Waals surface area contributed by atoms with E-state index >= 15 is 0 Å². The van der Waals surface area contributed by atoms with Gasteiger partial charge in [0.15, 0.2) is 5.78 Å². The van der Waals surface area contributed by atoms with E-state index in [1.165, 1.54) is 0 Å². The average molecular weight is 286 g/mol. The summed E-state index contributed by atoms with van der Waals surface area (Å²) in [6.07, 6.45) is 0. The summed E-state index contributed by atoms with van der Waals surface area (Å²) >= 11 is 1.55. The lowest BCUT2D eigenvalue weighted by atomic mass is 10.0. The molecule has 0 heterocycles. The maximum atomic E-state index is 12.4. The number of methoxy groups -OCH3 is 1. The molecule has 20 heavy (non-hydrogen) atoms. The summed E-state index contributed by atoms with van der Waals surface area (Å²) in [4.78, 5) is 13.5. The number of benzene rings is 2. The number of ketones is 1. The Bertz CT molecular complexity index is 606. The standard InChI is InChI=1S/C17H18O2S/c1-12-9-15(17(19-3)10-13(12)2)16(18)11-20-14-7-5-4-6-8-14/h4-10H,11H2,1-3H3. The zero-order valence-electron chi connectivity index (χ0n) is 12.0. The van der Waals surface area contributed by atoms with Crippen LogP contribution >= 0.6 is 11.8 Å². The van der Waals surface area contributed by atoms with E-state index in [-0.39, 0.29) is 5.78 Å². The van der Waals surface area contributed by atoms with Crippen molar-refractivity contribution in [3.05, 3.63) is 59.2 Å². The fraction of sp³-hybridized carbons (Fsp3) is 0.235. The van der Waals surface area contributed by atoms with E-state index in [1.54, 1.807) is 18.9 Å². The molecule has 0 amide bonds. The first-order chi connectivity index (χ1) is 9.61. The molecule has 0 N–H and O–H groups in total. The fourth-order valence-corrected chi connectivity index (χ4v) is 2.72. The maximum absolute atomic E-state index is 12.4. The lowest BCUT2D eigenvalue weighted by Gasteiger charge is -2.11. The van der Waals surface area contributed by atoms with Crippen LogP contribution in [0.15, 0.2) is 47.4 Å². The zero-order valence-corrected chi connectivity index (χ0v) is 12.8. The van der Waals surface area contributed by atoms with E-state index in [2.05, 4.69) is 0 Å². The predicted octanol–water partition coefficient (Wildman–Crippen LogP) is 4.29. The minimum absolute atomic E-state index is 0.0961. The highest BCUT2D eigenvalue weighted by Gasteiger charge is 2.14. The van der Waals surface area contributed by atoms with Gasteiger partial charge in [0.05, 0.1) is 18.4 Å². The Morgan fingerprint density at radius 2 is 1.75 bits per heavy atom. The van der Waals surface area contributed by atoms with Crippen LogP contribution in [-0.4, -0.2) is 18.6 Å². The van der Waals surface area contributed by atoms with Gasteiger partial charge in [-0.25, -0.2) is 0 Å². The first-order valence-electron chi connectivity index (χ1n) is 6.48. The van der Waals surface area contributed by atoms with Crippen molar-refractivity contribution in [2.24, 2.45) is 0 Å². The third-order valence-corrected chi connectivity index (χ3v) is 4.24. The summed E-state index contributed by atoms with van der Waals surface area (Å²) in [6, 6.07) is 13.8. The number of thioether (sulfide) groups is 1. The van der Waals surface area contributed by atoms with E-state index in [4.69, 9.17) is 4.74 Å². The molecule has 2 nitrogen and oxygen atoms in total. The van der Waals surface area contributed by atoms with E-state index in [0.717, 1.165) is 16.0 Å². The van der Waals surface area contributed by atoms with Crippen molar-refractivity contribution >= 4 is 17.5 Å². The highest BCUT2D eigenvalue weighted by atomic mass is 32.2. The molecule has 0 aliphatic rings. The van der Waals surface area contributed by atoms with Crippen LogP contribution in [0, 0.1) is 13.8 Å². The Balaban J connectivity index is 2.15. The Kier molecular flexibility index (Phi) is 4.85. The van der Waals surface area contributed by atoms with Gasteiger partial charge in [-0.05, 0) is 49.2 Å². The van der Waals surface area contributed by atoms with Crippen molar-refractivity contribution in [2.75, 3.05) is 12.9 Å². The van der Waals surface area contributed by atoms with Crippen molar-refractivity contribution in [2.45, 2.75) is 18.7 Å². The molecule has 0 aliphatic carbocycles. The van der Waals surface area contributed by atoms with Gasteiger partial charge in [0.25, 0.3) is 0 Å². The summed E-state index contributed by atoms with van der Waals surface area (Å²) in [5.74, 6) is 1.17. The Morgan fingerprint density at radius 1 is 1.10 bits per heavy atom. The van der Waals surface area contributed by atoms with Crippen LogP contribution in [0.1, 0.15) is 21.5 Å². The quantitative estimate of drug-likeness (QED) is 0.606. The number of rotatable bonds is 5. The fourth-order valence-electron chi connectivity index (χ4n) is 1.92. The first-order valence-corrected chi connectivity index (χ1v) is 7.46. The van der Waals surface area contributed by atoms with Gasteiger partial charge in [0.2, 0.25) is 0 Å². The molecule has 2 rings (SSSR count). The SMILES string of the molecule is COc1cc(C)c(C)cc1C(=O)CSc1ccccc1. The third kappa shape index (κ3) is 3.42. The third-order valence-electron chi connectivity index (χ3n) is 3.23. The summed E-state index contributed by atoms with van der Waals surface area (Å²) < 4.78 is 5.32. The maximum Gasteiger partial charge on any atom is 0.176 e. The number of Topliss-reactive ketones (excluding diaryl/α,β-unsaturated/α-hetero) is 1. The van der Waals surface area contributed by atoms with Crippen LogP contribution in [0.4, 0.5) is 0 Å². The molecule has 0 spiro atoms. The highest BCUT2D eigenvalue weighted by Crippen LogP contribution is 2.26. The normalized spacial score (nSPS) is 10.3. The molecule has 0 aromatic heterocycles. The van der Waals surface area contributed by atoms with Crippen molar-refractivity contribution in [1.82, 2.24) is 0 Å². The van der Waals surface area contributed by atoms with E-state index in [0.29, 0.717) is 17.1 Å². The molecule has 2 aromatic rings. The van der Waals surface area contributed by atoms with Gasteiger partial charge in [-0.1, -0.05) is 18.2 Å². The number of carbonyl (C=O) groups excluding carboxylic acids is 1. The Labute approximate surface area is 124 Å². The summed E-state index contributed by atoms with van der Waals surface area (Å²) in [5.41, 5.74) is 2.91. The molecule has 3 heteroatoms. The largest absolute Gasteiger partial charge is 0.496 e.